The molecule has 4 rings (SSSR count). The lowest BCUT2D eigenvalue weighted by Gasteiger charge is -2.14. The van der Waals surface area contributed by atoms with Crippen LogP contribution in [0.15, 0.2) is 71.3 Å². The van der Waals surface area contributed by atoms with Crippen LogP contribution in [0.1, 0.15) is 17.9 Å². The summed E-state index contributed by atoms with van der Waals surface area (Å²) in [5.74, 6) is 0.134. The molecule has 4 aromatic rings. The van der Waals surface area contributed by atoms with E-state index in [2.05, 4.69) is 21.2 Å². The maximum absolute atomic E-state index is 12.7. The SMILES string of the molecule is CCOC(=O)CNc1c(-c2ccc(OC(=O)C(Cl)c3ccccc3)c(OC)c2)nc2ccc(Br)cn12. The molecule has 0 amide bonds. The molecule has 1 N–H and O–H groups in total. The van der Waals surface area contributed by atoms with Crippen LogP contribution in [0.4, 0.5) is 5.82 Å². The largest absolute Gasteiger partial charge is 0.493 e. The number of imidazole rings is 1. The van der Waals surface area contributed by atoms with E-state index in [9.17, 15) is 9.59 Å². The van der Waals surface area contributed by atoms with E-state index in [4.69, 9.17) is 30.8 Å². The molecule has 2 aromatic heterocycles. The lowest BCUT2D eigenvalue weighted by Crippen LogP contribution is -2.18. The van der Waals surface area contributed by atoms with E-state index in [-0.39, 0.29) is 24.9 Å². The van der Waals surface area contributed by atoms with Crippen molar-refractivity contribution in [1.29, 1.82) is 0 Å². The molecule has 1 atom stereocenters. The molecule has 0 saturated carbocycles. The van der Waals surface area contributed by atoms with Crippen molar-refractivity contribution in [2.45, 2.75) is 12.3 Å². The highest BCUT2D eigenvalue weighted by atomic mass is 79.9. The van der Waals surface area contributed by atoms with Gasteiger partial charge in [0, 0.05) is 16.2 Å². The summed E-state index contributed by atoms with van der Waals surface area (Å²) < 4.78 is 18.8. The minimum Gasteiger partial charge on any atom is -0.493 e. The smallest absolute Gasteiger partial charge is 0.334 e. The number of carbonyl (C=O) groups excluding carboxylic acids is 2. The van der Waals surface area contributed by atoms with Crippen LogP contribution in [0.25, 0.3) is 16.9 Å². The van der Waals surface area contributed by atoms with E-state index in [0.717, 1.165) is 4.47 Å². The molecule has 0 radical (unpaired) electrons. The van der Waals surface area contributed by atoms with Gasteiger partial charge in [0.15, 0.2) is 16.9 Å². The monoisotopic (exact) mass is 571 g/mol. The second-order valence-electron chi connectivity index (χ2n) is 7.60. The molecule has 0 fully saturated rings. The van der Waals surface area contributed by atoms with E-state index >= 15 is 0 Å². The number of aromatic nitrogens is 2. The van der Waals surface area contributed by atoms with Gasteiger partial charge >= 0.3 is 11.9 Å². The van der Waals surface area contributed by atoms with E-state index in [1.807, 2.05) is 28.8 Å². The highest BCUT2D eigenvalue weighted by molar-refractivity contribution is 9.10. The summed E-state index contributed by atoms with van der Waals surface area (Å²) in [6.45, 7) is 2.00. The number of ether oxygens (including phenoxy) is 3. The molecular formula is C26H23BrClN3O5. The Morgan fingerprint density at radius 2 is 1.89 bits per heavy atom. The quantitative estimate of drug-likeness (QED) is 0.158. The van der Waals surface area contributed by atoms with Crippen LogP contribution < -0.4 is 14.8 Å². The summed E-state index contributed by atoms with van der Waals surface area (Å²) in [7, 11) is 1.48. The predicted molar refractivity (Wildman–Crippen MR) is 141 cm³/mol. The molecule has 2 heterocycles. The van der Waals surface area contributed by atoms with Crippen molar-refractivity contribution in [3.8, 4) is 22.8 Å². The zero-order valence-electron chi connectivity index (χ0n) is 19.5. The van der Waals surface area contributed by atoms with E-state index < -0.39 is 11.3 Å². The van der Waals surface area contributed by atoms with Gasteiger partial charge in [-0.1, -0.05) is 30.3 Å². The third-order valence-corrected chi connectivity index (χ3v) is 6.13. The minimum absolute atomic E-state index is 0.0371. The van der Waals surface area contributed by atoms with Crippen molar-refractivity contribution < 1.29 is 23.8 Å². The molecule has 8 nitrogen and oxygen atoms in total. The molecule has 0 saturated heterocycles. The maximum Gasteiger partial charge on any atom is 0.334 e. The number of benzene rings is 2. The van der Waals surface area contributed by atoms with E-state index in [1.54, 1.807) is 49.4 Å². The van der Waals surface area contributed by atoms with Crippen LogP contribution in [0.3, 0.4) is 0 Å². The summed E-state index contributed by atoms with van der Waals surface area (Å²) in [4.78, 5) is 29.4. The van der Waals surface area contributed by atoms with Gasteiger partial charge in [0.2, 0.25) is 0 Å². The Labute approximate surface area is 221 Å². The van der Waals surface area contributed by atoms with Crippen molar-refractivity contribution in [1.82, 2.24) is 9.38 Å². The summed E-state index contributed by atoms with van der Waals surface area (Å²) in [6.07, 6.45) is 1.84. The molecule has 186 valence electrons. The van der Waals surface area contributed by atoms with E-state index in [1.165, 1.54) is 7.11 Å². The second kappa shape index (κ2) is 11.5. The lowest BCUT2D eigenvalue weighted by molar-refractivity contribution is -0.141. The fourth-order valence-electron chi connectivity index (χ4n) is 3.57. The standard InChI is InChI=1S/C26H23BrClN3O5/c1-3-35-22(32)14-29-25-24(30-21-12-10-18(27)15-31(21)25)17-9-11-19(20(13-17)34-2)36-26(33)23(28)16-7-5-4-6-8-16/h4-13,15,23,29H,3,14H2,1-2H3. The number of hydrogen-bond donors (Lipinski definition) is 1. The van der Waals surface area contributed by atoms with Crippen molar-refractivity contribution in [3.05, 3.63) is 76.9 Å². The van der Waals surface area contributed by atoms with Gasteiger partial charge in [-0.05, 0) is 58.7 Å². The molecule has 10 heteroatoms. The number of pyridine rings is 1. The van der Waals surface area contributed by atoms with Gasteiger partial charge in [-0.2, -0.15) is 0 Å². The zero-order valence-corrected chi connectivity index (χ0v) is 21.9. The molecule has 36 heavy (non-hydrogen) atoms. The minimum atomic E-state index is -0.967. The molecule has 0 bridgehead atoms. The Kier molecular flexibility index (Phi) is 8.12. The fourth-order valence-corrected chi connectivity index (χ4v) is 4.10. The first-order chi connectivity index (χ1) is 17.4. The van der Waals surface area contributed by atoms with Crippen LogP contribution in [0.2, 0.25) is 0 Å². The molecule has 0 aliphatic carbocycles. The lowest BCUT2D eigenvalue weighted by atomic mass is 10.1. The van der Waals surface area contributed by atoms with Crippen molar-refractivity contribution in [2.24, 2.45) is 0 Å². The Bertz CT molecular complexity index is 1390. The second-order valence-corrected chi connectivity index (χ2v) is 8.96. The average Bonchev–Trinajstić information content (AvgIpc) is 3.25. The summed E-state index contributed by atoms with van der Waals surface area (Å²) in [5.41, 5.74) is 2.56. The Morgan fingerprint density at radius 1 is 1.11 bits per heavy atom. The number of nitrogens with one attached hydrogen (secondary N) is 1. The van der Waals surface area contributed by atoms with Gasteiger partial charge in [-0.3, -0.25) is 9.20 Å². The van der Waals surface area contributed by atoms with Gasteiger partial charge in [0.25, 0.3) is 0 Å². The normalized spacial score (nSPS) is 11.7. The van der Waals surface area contributed by atoms with Crippen LogP contribution in [-0.4, -0.2) is 41.6 Å². The van der Waals surface area contributed by atoms with Gasteiger partial charge in [-0.15, -0.1) is 11.6 Å². The molecule has 0 spiro atoms. The van der Waals surface area contributed by atoms with Gasteiger partial charge in [0.1, 0.15) is 23.7 Å². The number of hydrogen-bond acceptors (Lipinski definition) is 7. The van der Waals surface area contributed by atoms with Gasteiger partial charge in [-0.25, -0.2) is 9.78 Å². The number of alkyl halides is 1. The number of esters is 2. The third-order valence-electron chi connectivity index (χ3n) is 5.23. The Morgan fingerprint density at radius 3 is 2.61 bits per heavy atom. The molecular weight excluding hydrogens is 550 g/mol. The van der Waals surface area contributed by atoms with Gasteiger partial charge < -0.3 is 19.5 Å². The number of fused-ring (bicyclic) bond motifs is 1. The highest BCUT2D eigenvalue weighted by Gasteiger charge is 2.23. The first kappa shape index (κ1) is 25.5. The maximum atomic E-state index is 12.7. The average molecular weight is 573 g/mol. The third kappa shape index (κ3) is 5.63. The number of anilines is 1. The number of methoxy groups -OCH3 is 1. The van der Waals surface area contributed by atoms with Crippen LogP contribution in [0.5, 0.6) is 11.5 Å². The molecule has 0 aliphatic rings. The van der Waals surface area contributed by atoms with Crippen LogP contribution in [-0.2, 0) is 14.3 Å². The van der Waals surface area contributed by atoms with Crippen molar-refractivity contribution in [3.63, 3.8) is 0 Å². The van der Waals surface area contributed by atoms with Crippen LogP contribution in [0, 0.1) is 0 Å². The predicted octanol–water partition coefficient (Wildman–Crippen LogP) is 5.63. The van der Waals surface area contributed by atoms with E-state index in [0.29, 0.717) is 34.0 Å². The highest BCUT2D eigenvalue weighted by Crippen LogP contribution is 2.37. The number of rotatable bonds is 9. The zero-order chi connectivity index (χ0) is 25.7. The summed E-state index contributed by atoms with van der Waals surface area (Å²) in [5, 5.41) is 2.16. The van der Waals surface area contributed by atoms with Crippen molar-refractivity contribution in [2.75, 3.05) is 25.6 Å². The first-order valence-corrected chi connectivity index (χ1v) is 12.3. The topological polar surface area (TPSA) is 91.2 Å². The Balaban J connectivity index is 1.66. The van der Waals surface area contributed by atoms with Gasteiger partial charge in [0.05, 0.1) is 13.7 Å². The molecule has 0 aliphatic heterocycles. The van der Waals surface area contributed by atoms with Crippen molar-refractivity contribution >= 4 is 50.9 Å². The van der Waals surface area contributed by atoms with Crippen LogP contribution >= 0.6 is 27.5 Å². The fraction of sp³-hybridized carbons (Fsp3) is 0.192. The summed E-state index contributed by atoms with van der Waals surface area (Å²) >= 11 is 9.79. The Hall–Kier alpha value is -3.56. The number of nitrogens with zero attached hydrogens (tertiary/aromatic N) is 2. The number of carbonyl (C=O) groups is 2. The number of halogens is 2. The summed E-state index contributed by atoms with van der Waals surface area (Å²) in [6, 6.07) is 17.8. The molecule has 2 aromatic carbocycles. The first-order valence-electron chi connectivity index (χ1n) is 11.1. The molecule has 1 unspecified atom stereocenters.